The van der Waals surface area contributed by atoms with Crippen LogP contribution in [0.5, 0.6) is 0 Å². The maximum absolute atomic E-state index is 12.7. The number of nitrogens with zero attached hydrogens (tertiary/aromatic N) is 1. The number of esters is 1. The number of fused-ring (bicyclic) bond motifs is 1. The molecule has 4 heteroatoms. The van der Waals surface area contributed by atoms with Crippen molar-refractivity contribution in [1.29, 1.82) is 0 Å². The maximum atomic E-state index is 12.7. The van der Waals surface area contributed by atoms with Crippen molar-refractivity contribution < 1.29 is 14.3 Å². The van der Waals surface area contributed by atoms with Crippen molar-refractivity contribution in [3.63, 3.8) is 0 Å². The second-order valence-electron chi connectivity index (χ2n) is 6.05. The van der Waals surface area contributed by atoms with E-state index in [1.54, 1.807) is 20.0 Å². The van der Waals surface area contributed by atoms with Gasteiger partial charge in [-0.05, 0) is 24.1 Å². The first-order chi connectivity index (χ1) is 11.5. The molecule has 24 heavy (non-hydrogen) atoms. The second-order valence-corrected chi connectivity index (χ2v) is 6.05. The summed E-state index contributed by atoms with van der Waals surface area (Å²) in [4.78, 5) is 26.9. The van der Waals surface area contributed by atoms with E-state index in [0.717, 1.165) is 11.3 Å². The van der Waals surface area contributed by atoms with Gasteiger partial charge in [-0.25, -0.2) is 0 Å². The molecule has 1 aliphatic rings. The molecule has 1 aliphatic heterocycles. The molecule has 1 unspecified atom stereocenters. The first kappa shape index (κ1) is 16.0. The predicted octanol–water partition coefficient (Wildman–Crippen LogP) is 3.18. The molecule has 0 spiro atoms. The van der Waals surface area contributed by atoms with Gasteiger partial charge in [-0.2, -0.15) is 0 Å². The van der Waals surface area contributed by atoms with E-state index in [4.69, 9.17) is 4.74 Å². The topological polar surface area (TPSA) is 46.6 Å². The van der Waals surface area contributed by atoms with E-state index >= 15 is 0 Å². The number of carbonyl (C=O) groups is 2. The average molecular weight is 321 g/mol. The van der Waals surface area contributed by atoms with Crippen LogP contribution in [0.3, 0.4) is 0 Å². The fraction of sp³-hybridized carbons (Fsp3) is 0.200. The largest absolute Gasteiger partial charge is 0.460 e. The van der Waals surface area contributed by atoms with Crippen LogP contribution in [-0.2, 0) is 19.7 Å². The molecule has 0 aromatic heterocycles. The highest BCUT2D eigenvalue weighted by atomic mass is 16.5. The summed E-state index contributed by atoms with van der Waals surface area (Å²) in [6.45, 7) is 5.62. The summed E-state index contributed by atoms with van der Waals surface area (Å²) < 4.78 is 5.43. The minimum atomic E-state index is -1.32. The van der Waals surface area contributed by atoms with E-state index in [1.165, 1.54) is 4.90 Å². The maximum Gasteiger partial charge on any atom is 0.326 e. The molecule has 2 aromatic carbocycles. The van der Waals surface area contributed by atoms with E-state index in [-0.39, 0.29) is 12.5 Å². The lowest BCUT2D eigenvalue weighted by atomic mass is 9.84. The van der Waals surface area contributed by atoms with Crippen LogP contribution in [0, 0.1) is 0 Å². The number of amides is 1. The van der Waals surface area contributed by atoms with Crippen LogP contribution < -0.4 is 4.90 Å². The zero-order valence-corrected chi connectivity index (χ0v) is 13.8. The Morgan fingerprint density at radius 1 is 1.12 bits per heavy atom. The lowest BCUT2D eigenvalue weighted by Gasteiger charge is -2.21. The van der Waals surface area contributed by atoms with E-state index in [2.05, 4.69) is 6.58 Å². The number of hydrogen-bond acceptors (Lipinski definition) is 3. The zero-order chi connectivity index (χ0) is 17.3. The number of hydrogen-bond donors (Lipinski definition) is 0. The van der Waals surface area contributed by atoms with Crippen LogP contribution in [-0.4, -0.2) is 25.5 Å². The van der Waals surface area contributed by atoms with E-state index < -0.39 is 11.4 Å². The molecule has 0 aliphatic carbocycles. The highest BCUT2D eigenvalue weighted by Crippen LogP contribution is 2.41. The Labute approximate surface area is 141 Å². The number of likely N-dealkylation sites (N-methyl/N-ethyl adjacent to an activating group) is 1. The van der Waals surface area contributed by atoms with E-state index in [1.807, 2.05) is 48.5 Å². The Balaban J connectivity index is 1.80. The number of rotatable bonds is 4. The van der Waals surface area contributed by atoms with E-state index in [9.17, 15) is 9.59 Å². The van der Waals surface area contributed by atoms with Gasteiger partial charge in [0.1, 0.15) is 6.61 Å². The highest BCUT2D eigenvalue weighted by Gasteiger charge is 2.52. The third kappa shape index (κ3) is 2.40. The second kappa shape index (κ2) is 5.96. The first-order valence-electron chi connectivity index (χ1n) is 7.74. The summed E-state index contributed by atoms with van der Waals surface area (Å²) in [5.74, 6) is -0.833. The Hall–Kier alpha value is -2.88. The summed E-state index contributed by atoms with van der Waals surface area (Å²) in [6, 6.07) is 16.8. The third-order valence-corrected chi connectivity index (χ3v) is 4.50. The SMILES string of the molecule is C=C(COC(=O)C1(C)C(=O)N(C)c2ccccc21)c1ccccc1. The van der Waals surface area contributed by atoms with Gasteiger partial charge in [0.2, 0.25) is 5.91 Å². The summed E-state index contributed by atoms with van der Waals surface area (Å²) in [6.07, 6.45) is 0. The van der Waals surface area contributed by atoms with Gasteiger partial charge in [-0.3, -0.25) is 9.59 Å². The normalized spacial score (nSPS) is 19.1. The molecule has 0 saturated heterocycles. The summed E-state index contributed by atoms with van der Waals surface area (Å²) in [7, 11) is 1.67. The smallest absolute Gasteiger partial charge is 0.326 e. The monoisotopic (exact) mass is 321 g/mol. The van der Waals surface area contributed by atoms with Crippen LogP contribution in [0.25, 0.3) is 5.57 Å². The van der Waals surface area contributed by atoms with Crippen molar-refractivity contribution in [2.75, 3.05) is 18.6 Å². The van der Waals surface area contributed by atoms with E-state index in [0.29, 0.717) is 11.1 Å². The molecule has 3 rings (SSSR count). The van der Waals surface area contributed by atoms with Gasteiger partial charge in [0, 0.05) is 18.3 Å². The Morgan fingerprint density at radius 2 is 1.75 bits per heavy atom. The number of anilines is 1. The fourth-order valence-electron chi connectivity index (χ4n) is 3.00. The van der Waals surface area contributed by atoms with Gasteiger partial charge in [-0.1, -0.05) is 55.1 Å². The van der Waals surface area contributed by atoms with Gasteiger partial charge in [-0.15, -0.1) is 0 Å². The molecule has 0 saturated carbocycles. The van der Waals surface area contributed by atoms with Crippen LogP contribution in [0.2, 0.25) is 0 Å². The Bertz CT molecular complexity index is 813. The van der Waals surface area contributed by atoms with Crippen LogP contribution in [0.4, 0.5) is 5.69 Å². The third-order valence-electron chi connectivity index (χ3n) is 4.50. The number of ether oxygens (including phenoxy) is 1. The fourth-order valence-corrected chi connectivity index (χ4v) is 3.00. The van der Waals surface area contributed by atoms with Crippen molar-refractivity contribution in [2.45, 2.75) is 12.3 Å². The standard InChI is InChI=1S/C20H19NO3/c1-14(15-9-5-4-6-10-15)13-24-19(23)20(2)16-11-7-8-12-17(16)21(3)18(20)22/h4-12H,1,13H2,2-3H3. The molecule has 2 aromatic rings. The summed E-state index contributed by atoms with van der Waals surface area (Å²) in [5.41, 5.74) is 1.70. The molecule has 1 atom stereocenters. The van der Waals surface area contributed by atoms with Crippen LogP contribution in [0.15, 0.2) is 61.2 Å². The minimum Gasteiger partial charge on any atom is -0.460 e. The molecular formula is C20H19NO3. The van der Waals surface area contributed by atoms with Crippen molar-refractivity contribution in [3.05, 3.63) is 72.3 Å². The molecule has 0 N–H and O–H groups in total. The first-order valence-corrected chi connectivity index (χ1v) is 7.74. The van der Waals surface area contributed by atoms with Gasteiger partial charge < -0.3 is 9.64 Å². The van der Waals surface area contributed by atoms with Crippen molar-refractivity contribution in [3.8, 4) is 0 Å². The lowest BCUT2D eigenvalue weighted by Crippen LogP contribution is -2.43. The van der Waals surface area contributed by atoms with Crippen molar-refractivity contribution in [1.82, 2.24) is 0 Å². The Morgan fingerprint density at radius 3 is 2.46 bits per heavy atom. The molecule has 1 heterocycles. The molecule has 4 nitrogen and oxygen atoms in total. The number of carbonyl (C=O) groups excluding carboxylic acids is 2. The quantitative estimate of drug-likeness (QED) is 0.642. The molecule has 0 bridgehead atoms. The van der Waals surface area contributed by atoms with Gasteiger partial charge >= 0.3 is 5.97 Å². The van der Waals surface area contributed by atoms with Crippen LogP contribution in [0.1, 0.15) is 18.1 Å². The van der Waals surface area contributed by atoms with Gasteiger partial charge in [0.15, 0.2) is 5.41 Å². The average Bonchev–Trinajstić information content (AvgIpc) is 2.83. The molecule has 1 amide bonds. The van der Waals surface area contributed by atoms with Gasteiger partial charge in [0.05, 0.1) is 0 Å². The lowest BCUT2D eigenvalue weighted by molar-refractivity contribution is -0.151. The Kier molecular flexibility index (Phi) is 3.97. The summed E-state index contributed by atoms with van der Waals surface area (Å²) >= 11 is 0. The molecule has 0 radical (unpaired) electrons. The predicted molar refractivity (Wildman–Crippen MR) is 93.6 cm³/mol. The molecule has 122 valence electrons. The van der Waals surface area contributed by atoms with Crippen molar-refractivity contribution in [2.24, 2.45) is 0 Å². The molecule has 0 fully saturated rings. The molecular weight excluding hydrogens is 302 g/mol. The highest BCUT2D eigenvalue weighted by molar-refractivity contribution is 6.19. The summed E-state index contributed by atoms with van der Waals surface area (Å²) in [5, 5.41) is 0. The van der Waals surface area contributed by atoms with Crippen LogP contribution >= 0.6 is 0 Å². The van der Waals surface area contributed by atoms with Crippen molar-refractivity contribution >= 4 is 23.1 Å². The van der Waals surface area contributed by atoms with Gasteiger partial charge in [0.25, 0.3) is 0 Å². The number of benzene rings is 2. The minimum absolute atomic E-state index is 0.0532. The zero-order valence-electron chi connectivity index (χ0n) is 13.8. The number of para-hydroxylation sites is 1.